The van der Waals surface area contributed by atoms with Gasteiger partial charge in [-0.15, -0.1) is 0 Å². The summed E-state index contributed by atoms with van der Waals surface area (Å²) in [5, 5.41) is 3.63. The van der Waals surface area contributed by atoms with Crippen LogP contribution in [0, 0.1) is 0 Å². The first-order valence-electron chi connectivity index (χ1n) is 7.30. The van der Waals surface area contributed by atoms with Gasteiger partial charge in [-0.25, -0.2) is 4.79 Å². The SMILES string of the molecule is CCOC(=O)C1(NC2CCCC2)CCCN(C)C1. The molecule has 0 spiro atoms. The van der Waals surface area contributed by atoms with Crippen LogP contribution in [-0.2, 0) is 9.53 Å². The number of ether oxygens (including phenoxy) is 1. The summed E-state index contributed by atoms with van der Waals surface area (Å²) in [6, 6.07) is 0.501. The van der Waals surface area contributed by atoms with Crippen LogP contribution in [0.25, 0.3) is 0 Å². The van der Waals surface area contributed by atoms with E-state index >= 15 is 0 Å². The average Bonchev–Trinajstić information content (AvgIpc) is 2.82. The summed E-state index contributed by atoms with van der Waals surface area (Å²) < 4.78 is 5.32. The molecule has 2 rings (SSSR count). The molecule has 1 atom stereocenters. The fraction of sp³-hybridized carbons (Fsp3) is 0.929. The first kappa shape index (κ1) is 13.8. The van der Waals surface area contributed by atoms with E-state index in [1.807, 2.05) is 6.92 Å². The zero-order valence-electron chi connectivity index (χ0n) is 11.7. The van der Waals surface area contributed by atoms with Crippen molar-refractivity contribution < 1.29 is 9.53 Å². The van der Waals surface area contributed by atoms with E-state index in [-0.39, 0.29) is 5.97 Å². The van der Waals surface area contributed by atoms with Crippen molar-refractivity contribution in [1.82, 2.24) is 10.2 Å². The van der Waals surface area contributed by atoms with Crippen molar-refractivity contribution in [2.45, 2.75) is 57.0 Å². The Bertz CT molecular complexity index is 290. The summed E-state index contributed by atoms with van der Waals surface area (Å²) in [6.07, 6.45) is 6.94. The third-order valence-electron chi connectivity index (χ3n) is 4.18. The maximum atomic E-state index is 12.3. The monoisotopic (exact) mass is 254 g/mol. The molecule has 1 unspecified atom stereocenters. The van der Waals surface area contributed by atoms with Crippen LogP contribution in [0.3, 0.4) is 0 Å². The van der Waals surface area contributed by atoms with E-state index in [2.05, 4.69) is 17.3 Å². The van der Waals surface area contributed by atoms with Gasteiger partial charge in [0.25, 0.3) is 0 Å². The van der Waals surface area contributed by atoms with Gasteiger partial charge in [0.05, 0.1) is 6.61 Å². The van der Waals surface area contributed by atoms with Crippen molar-refractivity contribution in [2.75, 3.05) is 26.7 Å². The number of nitrogens with zero attached hydrogens (tertiary/aromatic N) is 1. The number of piperidine rings is 1. The van der Waals surface area contributed by atoms with Gasteiger partial charge in [-0.3, -0.25) is 5.32 Å². The molecule has 4 heteroatoms. The van der Waals surface area contributed by atoms with Gasteiger partial charge < -0.3 is 9.64 Å². The van der Waals surface area contributed by atoms with Gasteiger partial charge in [0.15, 0.2) is 0 Å². The number of hydrogen-bond donors (Lipinski definition) is 1. The summed E-state index contributed by atoms with van der Waals surface area (Å²) in [4.78, 5) is 14.6. The summed E-state index contributed by atoms with van der Waals surface area (Å²) in [5.74, 6) is -0.0524. The minimum atomic E-state index is -0.460. The zero-order chi connectivity index (χ0) is 13.0. The Kier molecular flexibility index (Phi) is 4.62. The van der Waals surface area contributed by atoms with E-state index in [9.17, 15) is 4.79 Å². The lowest BCUT2D eigenvalue weighted by atomic mass is 9.88. The average molecular weight is 254 g/mol. The first-order valence-corrected chi connectivity index (χ1v) is 7.30. The molecule has 104 valence electrons. The Labute approximate surface area is 110 Å². The molecule has 0 aromatic carbocycles. The van der Waals surface area contributed by atoms with Crippen LogP contribution in [0.2, 0.25) is 0 Å². The molecule has 18 heavy (non-hydrogen) atoms. The van der Waals surface area contributed by atoms with Gasteiger partial charge >= 0.3 is 5.97 Å². The molecule has 0 aromatic heterocycles. The number of hydrogen-bond acceptors (Lipinski definition) is 4. The number of nitrogens with one attached hydrogen (secondary N) is 1. The van der Waals surface area contributed by atoms with E-state index in [0.29, 0.717) is 12.6 Å². The standard InChI is InChI=1S/C14H26N2O2/c1-3-18-13(17)14(9-6-10-16(2)11-14)15-12-7-4-5-8-12/h12,15H,3-11H2,1-2H3. The number of rotatable bonds is 4. The van der Waals surface area contributed by atoms with Gasteiger partial charge in [-0.2, -0.15) is 0 Å². The summed E-state index contributed by atoms with van der Waals surface area (Å²) in [7, 11) is 2.09. The summed E-state index contributed by atoms with van der Waals surface area (Å²) >= 11 is 0. The molecular formula is C14H26N2O2. The highest BCUT2D eigenvalue weighted by molar-refractivity contribution is 5.81. The maximum Gasteiger partial charge on any atom is 0.327 e. The zero-order valence-corrected chi connectivity index (χ0v) is 11.7. The highest BCUT2D eigenvalue weighted by atomic mass is 16.5. The van der Waals surface area contributed by atoms with Crippen LogP contribution in [0.15, 0.2) is 0 Å². The lowest BCUT2D eigenvalue weighted by molar-refractivity contribution is -0.154. The molecule has 2 fully saturated rings. The number of likely N-dealkylation sites (tertiary alicyclic amines) is 1. The Hall–Kier alpha value is -0.610. The second kappa shape index (κ2) is 6.02. The van der Waals surface area contributed by atoms with Crippen molar-refractivity contribution in [3.63, 3.8) is 0 Å². The van der Waals surface area contributed by atoms with Crippen LogP contribution < -0.4 is 5.32 Å². The molecule has 0 radical (unpaired) electrons. The Morgan fingerprint density at radius 1 is 1.39 bits per heavy atom. The van der Waals surface area contributed by atoms with Crippen LogP contribution in [-0.4, -0.2) is 49.2 Å². The fourth-order valence-corrected chi connectivity index (χ4v) is 3.34. The van der Waals surface area contributed by atoms with Gasteiger partial charge in [0.1, 0.15) is 5.54 Å². The lowest BCUT2D eigenvalue weighted by Gasteiger charge is -2.41. The van der Waals surface area contributed by atoms with Crippen molar-refractivity contribution >= 4 is 5.97 Å². The molecule has 1 saturated carbocycles. The number of esters is 1. The molecule has 2 aliphatic rings. The first-order chi connectivity index (χ1) is 8.66. The molecule has 0 amide bonds. The third-order valence-corrected chi connectivity index (χ3v) is 4.18. The van der Waals surface area contributed by atoms with Crippen molar-refractivity contribution in [1.29, 1.82) is 0 Å². The Morgan fingerprint density at radius 2 is 2.11 bits per heavy atom. The van der Waals surface area contributed by atoms with Crippen molar-refractivity contribution in [2.24, 2.45) is 0 Å². The molecule has 1 heterocycles. The summed E-state index contributed by atoms with van der Waals surface area (Å²) in [6.45, 7) is 4.21. The molecule has 0 aromatic rings. The molecule has 1 saturated heterocycles. The molecular weight excluding hydrogens is 228 g/mol. The smallest absolute Gasteiger partial charge is 0.327 e. The Balaban J connectivity index is 2.07. The van der Waals surface area contributed by atoms with E-state index in [1.54, 1.807) is 0 Å². The second-order valence-electron chi connectivity index (χ2n) is 5.77. The second-order valence-corrected chi connectivity index (χ2v) is 5.77. The number of likely N-dealkylation sites (N-methyl/N-ethyl adjacent to an activating group) is 1. The predicted molar refractivity (Wildman–Crippen MR) is 71.5 cm³/mol. The maximum absolute atomic E-state index is 12.3. The topological polar surface area (TPSA) is 41.6 Å². The van der Waals surface area contributed by atoms with Crippen molar-refractivity contribution in [3.8, 4) is 0 Å². The van der Waals surface area contributed by atoms with E-state index in [1.165, 1.54) is 25.7 Å². The molecule has 0 bridgehead atoms. The highest BCUT2D eigenvalue weighted by Gasteiger charge is 2.44. The van der Waals surface area contributed by atoms with E-state index in [0.717, 1.165) is 25.9 Å². The fourth-order valence-electron chi connectivity index (χ4n) is 3.34. The molecule has 1 aliphatic carbocycles. The normalized spacial score (nSPS) is 30.6. The van der Waals surface area contributed by atoms with Gasteiger partial charge in [0, 0.05) is 12.6 Å². The van der Waals surface area contributed by atoms with Crippen molar-refractivity contribution in [3.05, 3.63) is 0 Å². The lowest BCUT2D eigenvalue weighted by Crippen LogP contribution is -2.63. The van der Waals surface area contributed by atoms with Crippen LogP contribution in [0.5, 0.6) is 0 Å². The van der Waals surface area contributed by atoms with Crippen LogP contribution >= 0.6 is 0 Å². The highest BCUT2D eigenvalue weighted by Crippen LogP contribution is 2.27. The summed E-state index contributed by atoms with van der Waals surface area (Å²) in [5.41, 5.74) is -0.460. The minimum absolute atomic E-state index is 0.0524. The van der Waals surface area contributed by atoms with Gasteiger partial charge in [-0.05, 0) is 46.2 Å². The number of carbonyl (C=O) groups excluding carboxylic acids is 1. The molecule has 1 aliphatic heterocycles. The molecule has 4 nitrogen and oxygen atoms in total. The largest absolute Gasteiger partial charge is 0.465 e. The predicted octanol–water partition coefficient (Wildman–Crippen LogP) is 1.55. The van der Waals surface area contributed by atoms with E-state index in [4.69, 9.17) is 4.74 Å². The Morgan fingerprint density at radius 3 is 2.72 bits per heavy atom. The third kappa shape index (κ3) is 3.04. The minimum Gasteiger partial charge on any atom is -0.465 e. The van der Waals surface area contributed by atoms with E-state index < -0.39 is 5.54 Å². The molecule has 1 N–H and O–H groups in total. The van der Waals surface area contributed by atoms with Gasteiger partial charge in [0.2, 0.25) is 0 Å². The van der Waals surface area contributed by atoms with Crippen LogP contribution in [0.4, 0.5) is 0 Å². The quantitative estimate of drug-likeness (QED) is 0.773. The van der Waals surface area contributed by atoms with Crippen LogP contribution in [0.1, 0.15) is 45.4 Å². The van der Waals surface area contributed by atoms with Gasteiger partial charge in [-0.1, -0.05) is 12.8 Å². The number of carbonyl (C=O) groups is 1.